The SMILES string of the molecule is Cc1ccc(NCC2CCSC2)cc1Cl. The second-order valence-corrected chi connectivity index (χ2v) is 5.63. The van der Waals surface area contributed by atoms with Crippen molar-refractivity contribution in [3.63, 3.8) is 0 Å². The van der Waals surface area contributed by atoms with Crippen molar-refractivity contribution in [2.24, 2.45) is 5.92 Å². The van der Waals surface area contributed by atoms with E-state index in [0.29, 0.717) is 0 Å². The first-order valence-corrected chi connectivity index (χ1v) is 6.87. The van der Waals surface area contributed by atoms with Crippen LogP contribution in [-0.4, -0.2) is 18.1 Å². The fourth-order valence-electron chi connectivity index (χ4n) is 1.71. The van der Waals surface area contributed by atoms with Gasteiger partial charge in [-0.3, -0.25) is 0 Å². The van der Waals surface area contributed by atoms with Gasteiger partial charge in [0.25, 0.3) is 0 Å². The van der Waals surface area contributed by atoms with Crippen molar-refractivity contribution in [3.8, 4) is 0 Å². The minimum absolute atomic E-state index is 0.829. The predicted octanol–water partition coefficient (Wildman–Crippen LogP) is 3.81. The van der Waals surface area contributed by atoms with Crippen LogP contribution in [0.15, 0.2) is 18.2 Å². The van der Waals surface area contributed by atoms with Crippen LogP contribution in [0, 0.1) is 12.8 Å². The molecule has 1 aromatic carbocycles. The second kappa shape index (κ2) is 5.13. The van der Waals surface area contributed by atoms with Gasteiger partial charge in [-0.15, -0.1) is 0 Å². The normalized spacial score (nSPS) is 20.5. The number of anilines is 1. The lowest BCUT2D eigenvalue weighted by Gasteiger charge is -2.11. The van der Waals surface area contributed by atoms with Crippen LogP contribution in [0.5, 0.6) is 0 Å². The number of nitrogens with one attached hydrogen (secondary N) is 1. The summed E-state index contributed by atoms with van der Waals surface area (Å²) in [4.78, 5) is 0. The van der Waals surface area contributed by atoms with E-state index in [0.717, 1.165) is 28.7 Å². The number of halogens is 1. The third-order valence-corrected chi connectivity index (χ3v) is 4.43. The van der Waals surface area contributed by atoms with Gasteiger partial charge >= 0.3 is 0 Å². The highest BCUT2D eigenvalue weighted by Gasteiger charge is 2.14. The van der Waals surface area contributed by atoms with Gasteiger partial charge in [0, 0.05) is 17.3 Å². The van der Waals surface area contributed by atoms with Crippen molar-refractivity contribution in [1.82, 2.24) is 0 Å². The summed E-state index contributed by atoms with van der Waals surface area (Å²) in [6.45, 7) is 3.10. The van der Waals surface area contributed by atoms with Gasteiger partial charge in [-0.05, 0) is 48.5 Å². The van der Waals surface area contributed by atoms with E-state index in [-0.39, 0.29) is 0 Å². The van der Waals surface area contributed by atoms with Crippen molar-refractivity contribution in [1.29, 1.82) is 0 Å². The van der Waals surface area contributed by atoms with Gasteiger partial charge in [-0.2, -0.15) is 11.8 Å². The molecule has 0 bridgehead atoms. The molecule has 2 rings (SSSR count). The molecule has 3 heteroatoms. The minimum Gasteiger partial charge on any atom is -0.385 e. The molecular weight excluding hydrogens is 226 g/mol. The second-order valence-electron chi connectivity index (χ2n) is 4.07. The van der Waals surface area contributed by atoms with Crippen molar-refractivity contribution in [2.45, 2.75) is 13.3 Å². The number of hydrogen-bond acceptors (Lipinski definition) is 2. The number of benzene rings is 1. The van der Waals surface area contributed by atoms with Gasteiger partial charge in [0.2, 0.25) is 0 Å². The molecule has 1 atom stereocenters. The van der Waals surface area contributed by atoms with Crippen molar-refractivity contribution < 1.29 is 0 Å². The highest BCUT2D eigenvalue weighted by molar-refractivity contribution is 7.99. The van der Waals surface area contributed by atoms with E-state index in [1.807, 2.05) is 13.0 Å². The Morgan fingerprint density at radius 2 is 2.40 bits per heavy atom. The van der Waals surface area contributed by atoms with E-state index in [9.17, 15) is 0 Å². The van der Waals surface area contributed by atoms with Crippen LogP contribution in [-0.2, 0) is 0 Å². The monoisotopic (exact) mass is 241 g/mol. The maximum Gasteiger partial charge on any atom is 0.0455 e. The quantitative estimate of drug-likeness (QED) is 0.864. The fourth-order valence-corrected chi connectivity index (χ4v) is 3.17. The van der Waals surface area contributed by atoms with E-state index in [1.165, 1.54) is 17.9 Å². The van der Waals surface area contributed by atoms with Crippen LogP contribution < -0.4 is 5.32 Å². The summed E-state index contributed by atoms with van der Waals surface area (Å²) >= 11 is 8.12. The standard InChI is InChI=1S/C12H16ClNS/c1-9-2-3-11(6-12(9)13)14-7-10-4-5-15-8-10/h2-3,6,10,14H,4-5,7-8H2,1H3. The Bertz CT molecular complexity index is 334. The van der Waals surface area contributed by atoms with Gasteiger partial charge in [0.15, 0.2) is 0 Å². The Morgan fingerprint density at radius 3 is 3.07 bits per heavy atom. The summed E-state index contributed by atoms with van der Waals surface area (Å²) in [6, 6.07) is 6.18. The molecule has 1 N–H and O–H groups in total. The summed E-state index contributed by atoms with van der Waals surface area (Å²) in [5.74, 6) is 3.45. The largest absolute Gasteiger partial charge is 0.385 e. The summed E-state index contributed by atoms with van der Waals surface area (Å²) in [6.07, 6.45) is 1.34. The average molecular weight is 242 g/mol. The van der Waals surface area contributed by atoms with Gasteiger partial charge in [0.1, 0.15) is 0 Å². The van der Waals surface area contributed by atoms with E-state index in [1.54, 1.807) is 0 Å². The number of thioether (sulfide) groups is 1. The van der Waals surface area contributed by atoms with Crippen molar-refractivity contribution >= 4 is 29.1 Å². The highest BCUT2D eigenvalue weighted by atomic mass is 35.5. The van der Waals surface area contributed by atoms with Gasteiger partial charge < -0.3 is 5.32 Å². The minimum atomic E-state index is 0.829. The van der Waals surface area contributed by atoms with Gasteiger partial charge in [0.05, 0.1) is 0 Å². The summed E-state index contributed by atoms with van der Waals surface area (Å²) in [5.41, 5.74) is 2.28. The maximum absolute atomic E-state index is 6.07. The zero-order chi connectivity index (χ0) is 10.7. The Morgan fingerprint density at radius 1 is 1.53 bits per heavy atom. The van der Waals surface area contributed by atoms with E-state index in [2.05, 4.69) is 29.2 Å². The predicted molar refractivity (Wildman–Crippen MR) is 70.1 cm³/mol. The Kier molecular flexibility index (Phi) is 3.81. The molecule has 1 heterocycles. The molecule has 0 saturated carbocycles. The zero-order valence-electron chi connectivity index (χ0n) is 8.92. The van der Waals surface area contributed by atoms with Crippen LogP contribution >= 0.6 is 23.4 Å². The molecule has 0 aliphatic carbocycles. The molecule has 1 saturated heterocycles. The fraction of sp³-hybridized carbons (Fsp3) is 0.500. The van der Waals surface area contributed by atoms with E-state index >= 15 is 0 Å². The molecule has 1 nitrogen and oxygen atoms in total. The molecule has 1 aliphatic rings. The first kappa shape index (κ1) is 11.2. The van der Waals surface area contributed by atoms with Crippen molar-refractivity contribution in [2.75, 3.05) is 23.4 Å². The first-order valence-electron chi connectivity index (χ1n) is 5.33. The van der Waals surface area contributed by atoms with E-state index in [4.69, 9.17) is 11.6 Å². The molecule has 0 radical (unpaired) electrons. The lowest BCUT2D eigenvalue weighted by atomic mass is 10.1. The van der Waals surface area contributed by atoms with Crippen LogP contribution in [0.3, 0.4) is 0 Å². The Labute approximate surface area is 101 Å². The Hall–Kier alpha value is -0.340. The smallest absolute Gasteiger partial charge is 0.0455 e. The molecule has 1 aromatic rings. The molecule has 0 spiro atoms. The van der Waals surface area contributed by atoms with Crippen LogP contribution in [0.4, 0.5) is 5.69 Å². The molecule has 1 fully saturated rings. The molecule has 0 amide bonds. The first-order chi connectivity index (χ1) is 7.25. The number of hydrogen-bond donors (Lipinski definition) is 1. The third kappa shape index (κ3) is 3.05. The summed E-state index contributed by atoms with van der Waals surface area (Å²) < 4.78 is 0. The van der Waals surface area contributed by atoms with Gasteiger partial charge in [-0.1, -0.05) is 17.7 Å². The summed E-state index contributed by atoms with van der Waals surface area (Å²) in [5, 5.41) is 4.30. The molecule has 1 aliphatic heterocycles. The lowest BCUT2D eigenvalue weighted by molar-refractivity contribution is 0.632. The molecule has 82 valence electrons. The zero-order valence-corrected chi connectivity index (χ0v) is 10.5. The molecule has 15 heavy (non-hydrogen) atoms. The number of aryl methyl sites for hydroxylation is 1. The average Bonchev–Trinajstić information content (AvgIpc) is 2.73. The summed E-state index contributed by atoms with van der Waals surface area (Å²) in [7, 11) is 0. The van der Waals surface area contributed by atoms with Crippen LogP contribution in [0.1, 0.15) is 12.0 Å². The Balaban J connectivity index is 1.90. The lowest BCUT2D eigenvalue weighted by Crippen LogP contribution is -2.13. The maximum atomic E-state index is 6.07. The molecule has 0 aromatic heterocycles. The van der Waals surface area contributed by atoms with Crippen molar-refractivity contribution in [3.05, 3.63) is 28.8 Å². The van der Waals surface area contributed by atoms with Crippen LogP contribution in [0.2, 0.25) is 5.02 Å². The number of rotatable bonds is 3. The topological polar surface area (TPSA) is 12.0 Å². The highest BCUT2D eigenvalue weighted by Crippen LogP contribution is 2.25. The van der Waals surface area contributed by atoms with E-state index < -0.39 is 0 Å². The van der Waals surface area contributed by atoms with Crippen LogP contribution in [0.25, 0.3) is 0 Å². The molecular formula is C12H16ClNS. The molecule has 1 unspecified atom stereocenters. The third-order valence-electron chi connectivity index (χ3n) is 2.79. The van der Waals surface area contributed by atoms with Gasteiger partial charge in [-0.25, -0.2) is 0 Å².